The van der Waals surface area contributed by atoms with Crippen molar-refractivity contribution in [1.29, 1.82) is 0 Å². The lowest BCUT2D eigenvalue weighted by molar-refractivity contribution is -0.122. The molecule has 3 rings (SSSR count). The highest BCUT2D eigenvalue weighted by Crippen LogP contribution is 2.28. The number of fused-ring (bicyclic) bond motifs is 1. The van der Waals surface area contributed by atoms with Gasteiger partial charge in [0.2, 0.25) is 5.91 Å². The lowest BCUT2D eigenvalue weighted by Crippen LogP contribution is -2.42. The molecular weight excluding hydrogens is 448 g/mol. The summed E-state index contributed by atoms with van der Waals surface area (Å²) in [6.07, 6.45) is 1.31. The molecule has 0 aromatic heterocycles. The van der Waals surface area contributed by atoms with Gasteiger partial charge < -0.3 is 15.5 Å². The minimum absolute atomic E-state index is 0.00575. The maximum atomic E-state index is 12.5. The molecule has 33 heavy (non-hydrogen) atoms. The van der Waals surface area contributed by atoms with Crippen molar-refractivity contribution in [2.24, 2.45) is 9.50 Å². The Hall–Kier alpha value is -3.73. The SMILES string of the molecule is CC(C)(C)NC(=O)CCN(N=Cc1ccc(O)c(C(=O)O)c1)C1=NS(=O)(=O)c2ccccc21. The summed E-state index contributed by atoms with van der Waals surface area (Å²) in [4.78, 5) is 23.7. The Balaban J connectivity index is 1.95. The number of phenols is 1. The average Bonchev–Trinajstić information content (AvgIpc) is 2.99. The van der Waals surface area contributed by atoms with Crippen LogP contribution in [-0.2, 0) is 14.8 Å². The fourth-order valence-corrected chi connectivity index (χ4v) is 4.33. The highest BCUT2D eigenvalue weighted by molar-refractivity contribution is 7.90. The van der Waals surface area contributed by atoms with E-state index in [1.54, 1.807) is 18.2 Å². The van der Waals surface area contributed by atoms with Crippen LogP contribution in [0.3, 0.4) is 0 Å². The number of carboxylic acid groups (broad SMARTS) is 1. The number of aromatic hydroxyl groups is 1. The summed E-state index contributed by atoms with van der Waals surface area (Å²) in [7, 11) is -3.91. The number of hydrazone groups is 1. The predicted molar refractivity (Wildman–Crippen MR) is 122 cm³/mol. The van der Waals surface area contributed by atoms with E-state index in [-0.39, 0.29) is 35.2 Å². The summed E-state index contributed by atoms with van der Waals surface area (Å²) >= 11 is 0. The van der Waals surface area contributed by atoms with E-state index in [4.69, 9.17) is 0 Å². The van der Waals surface area contributed by atoms with Crippen molar-refractivity contribution in [3.63, 3.8) is 0 Å². The van der Waals surface area contributed by atoms with Crippen LogP contribution in [0, 0.1) is 0 Å². The quantitative estimate of drug-likeness (QED) is 0.431. The van der Waals surface area contributed by atoms with Gasteiger partial charge in [-0.05, 0) is 56.7 Å². The van der Waals surface area contributed by atoms with E-state index >= 15 is 0 Å². The minimum atomic E-state index is -3.91. The van der Waals surface area contributed by atoms with Gasteiger partial charge in [-0.3, -0.25) is 4.79 Å². The second-order valence-corrected chi connectivity index (χ2v) is 9.96. The van der Waals surface area contributed by atoms with Crippen molar-refractivity contribution in [3.8, 4) is 5.75 Å². The Morgan fingerprint density at radius 1 is 1.18 bits per heavy atom. The van der Waals surface area contributed by atoms with Crippen molar-refractivity contribution in [2.75, 3.05) is 6.54 Å². The summed E-state index contributed by atoms with van der Waals surface area (Å²) in [5.74, 6) is -1.90. The predicted octanol–water partition coefficient (Wildman–Crippen LogP) is 2.18. The summed E-state index contributed by atoms with van der Waals surface area (Å²) in [6, 6.07) is 10.2. The zero-order valence-electron chi connectivity index (χ0n) is 18.3. The van der Waals surface area contributed by atoms with E-state index in [1.165, 1.54) is 35.5 Å². The average molecular weight is 473 g/mol. The van der Waals surface area contributed by atoms with Crippen molar-refractivity contribution in [3.05, 3.63) is 59.2 Å². The van der Waals surface area contributed by atoms with E-state index in [1.807, 2.05) is 20.8 Å². The molecule has 0 atom stereocenters. The summed E-state index contributed by atoms with van der Waals surface area (Å²) in [5, 5.41) is 27.3. The highest BCUT2D eigenvalue weighted by Gasteiger charge is 2.32. The lowest BCUT2D eigenvalue weighted by Gasteiger charge is -2.22. The molecule has 1 aliphatic rings. The Morgan fingerprint density at radius 3 is 2.55 bits per heavy atom. The molecule has 1 amide bonds. The van der Waals surface area contributed by atoms with Gasteiger partial charge in [-0.2, -0.15) is 13.5 Å². The fraction of sp³-hybridized carbons (Fsp3) is 0.273. The minimum Gasteiger partial charge on any atom is -0.507 e. The molecule has 0 saturated carbocycles. The van der Waals surface area contributed by atoms with Crippen LogP contribution >= 0.6 is 0 Å². The maximum absolute atomic E-state index is 12.5. The number of sulfonamides is 1. The number of aromatic carboxylic acids is 1. The van der Waals surface area contributed by atoms with Gasteiger partial charge >= 0.3 is 5.97 Å². The third kappa shape index (κ3) is 5.75. The summed E-state index contributed by atoms with van der Waals surface area (Å²) in [6.45, 7) is 5.55. The number of nitrogens with zero attached hydrogens (tertiary/aromatic N) is 3. The second kappa shape index (κ2) is 9.02. The normalized spacial score (nSPS) is 14.6. The number of hydrogen-bond donors (Lipinski definition) is 3. The number of hydrogen-bond acceptors (Lipinski definition) is 7. The first kappa shape index (κ1) is 23.9. The Bertz CT molecular complexity index is 1260. The number of benzene rings is 2. The van der Waals surface area contributed by atoms with Gasteiger partial charge in [-0.1, -0.05) is 12.1 Å². The zero-order valence-corrected chi connectivity index (χ0v) is 19.1. The van der Waals surface area contributed by atoms with Gasteiger partial charge in [0.1, 0.15) is 16.2 Å². The summed E-state index contributed by atoms with van der Waals surface area (Å²) < 4.78 is 28.8. The smallest absolute Gasteiger partial charge is 0.339 e. The molecule has 0 fully saturated rings. The van der Waals surface area contributed by atoms with Crippen molar-refractivity contribution in [2.45, 2.75) is 37.6 Å². The number of amides is 1. The number of rotatable bonds is 6. The van der Waals surface area contributed by atoms with Crippen LogP contribution in [0.1, 0.15) is 48.7 Å². The number of carbonyl (C=O) groups excluding carboxylic acids is 1. The largest absolute Gasteiger partial charge is 0.507 e. The topological polar surface area (TPSA) is 149 Å². The Kier molecular flexibility index (Phi) is 6.54. The fourth-order valence-electron chi connectivity index (χ4n) is 3.12. The van der Waals surface area contributed by atoms with Crippen LogP contribution in [-0.4, -0.2) is 59.7 Å². The van der Waals surface area contributed by atoms with Gasteiger partial charge in [-0.25, -0.2) is 9.80 Å². The van der Waals surface area contributed by atoms with Crippen LogP contribution in [0.25, 0.3) is 0 Å². The third-order valence-electron chi connectivity index (χ3n) is 4.52. The molecule has 11 heteroatoms. The molecule has 0 radical (unpaired) electrons. The monoisotopic (exact) mass is 472 g/mol. The van der Waals surface area contributed by atoms with E-state index in [0.29, 0.717) is 11.1 Å². The first-order valence-electron chi connectivity index (χ1n) is 10.0. The van der Waals surface area contributed by atoms with E-state index in [9.17, 15) is 28.2 Å². The molecule has 1 aliphatic heterocycles. The molecule has 0 unspecified atom stereocenters. The summed E-state index contributed by atoms with van der Waals surface area (Å²) in [5.41, 5.74) is -0.0428. The molecule has 2 aromatic carbocycles. The van der Waals surface area contributed by atoms with Crippen molar-refractivity contribution >= 4 is 33.9 Å². The molecule has 10 nitrogen and oxygen atoms in total. The second-order valence-electron chi connectivity index (χ2n) is 8.38. The molecule has 3 N–H and O–H groups in total. The first-order valence-corrected chi connectivity index (χ1v) is 11.4. The van der Waals surface area contributed by atoms with Crippen LogP contribution in [0.15, 0.2) is 56.9 Å². The van der Waals surface area contributed by atoms with E-state index in [2.05, 4.69) is 14.8 Å². The number of amidine groups is 1. The number of carboxylic acids is 1. The maximum Gasteiger partial charge on any atom is 0.339 e. The molecule has 0 bridgehead atoms. The molecule has 174 valence electrons. The van der Waals surface area contributed by atoms with Crippen LogP contribution < -0.4 is 5.32 Å². The first-order chi connectivity index (χ1) is 15.4. The lowest BCUT2D eigenvalue weighted by atomic mass is 10.1. The van der Waals surface area contributed by atoms with Gasteiger partial charge in [0.05, 0.1) is 12.8 Å². The zero-order chi connectivity index (χ0) is 24.4. The van der Waals surface area contributed by atoms with Crippen LogP contribution in [0.4, 0.5) is 0 Å². The van der Waals surface area contributed by atoms with E-state index in [0.717, 1.165) is 0 Å². The van der Waals surface area contributed by atoms with Crippen LogP contribution in [0.5, 0.6) is 5.75 Å². The molecule has 1 heterocycles. The van der Waals surface area contributed by atoms with Crippen molar-refractivity contribution < 1.29 is 28.2 Å². The number of nitrogens with one attached hydrogen (secondary N) is 1. The van der Waals surface area contributed by atoms with Gasteiger partial charge in [0.25, 0.3) is 10.0 Å². The third-order valence-corrected chi connectivity index (χ3v) is 5.84. The Labute approximate surface area is 191 Å². The van der Waals surface area contributed by atoms with Crippen LogP contribution in [0.2, 0.25) is 0 Å². The molecule has 0 saturated heterocycles. The van der Waals surface area contributed by atoms with Gasteiger partial charge in [-0.15, -0.1) is 4.40 Å². The molecule has 2 aromatic rings. The molecule has 0 aliphatic carbocycles. The van der Waals surface area contributed by atoms with Crippen molar-refractivity contribution in [1.82, 2.24) is 10.3 Å². The standard InChI is InChI=1S/C22H24N4O6S/c1-22(2,3)24-19(28)10-11-26(20-15-6-4-5-7-18(15)33(31,32)25-20)23-13-14-8-9-17(27)16(12-14)21(29)30/h4-9,12-13,27H,10-11H2,1-3H3,(H,24,28)(H,29,30). The van der Waals surface area contributed by atoms with Gasteiger partial charge in [0.15, 0.2) is 5.84 Å². The molecule has 0 spiro atoms. The van der Waals surface area contributed by atoms with E-state index < -0.39 is 27.3 Å². The highest BCUT2D eigenvalue weighted by atomic mass is 32.2. The number of carbonyl (C=O) groups is 2. The van der Waals surface area contributed by atoms with Gasteiger partial charge in [0, 0.05) is 17.5 Å². The molecular formula is C22H24N4O6S. The Morgan fingerprint density at radius 2 is 1.88 bits per heavy atom.